The molecule has 106 valence electrons. The van der Waals surface area contributed by atoms with E-state index in [0.29, 0.717) is 0 Å². The Kier molecular flexibility index (Phi) is 3.01. The van der Waals surface area contributed by atoms with Crippen LogP contribution in [0.5, 0.6) is 5.75 Å². The van der Waals surface area contributed by atoms with Crippen LogP contribution in [0.3, 0.4) is 0 Å². The van der Waals surface area contributed by atoms with E-state index in [2.05, 4.69) is 48.5 Å². The summed E-state index contributed by atoms with van der Waals surface area (Å²) in [5.74, 6) is 0.843. The molecule has 1 aromatic heterocycles. The molecule has 22 heavy (non-hydrogen) atoms. The van der Waals surface area contributed by atoms with Gasteiger partial charge in [-0.05, 0) is 23.6 Å². The van der Waals surface area contributed by atoms with Gasteiger partial charge >= 0.3 is 0 Å². The second-order valence-corrected chi connectivity index (χ2v) is 5.22. The normalized spacial score (nSPS) is 11.0. The van der Waals surface area contributed by atoms with Gasteiger partial charge in [-0.25, -0.2) is 4.98 Å². The largest absolute Gasteiger partial charge is 0.496 e. The van der Waals surface area contributed by atoms with E-state index in [1.54, 1.807) is 7.11 Å². The molecule has 0 N–H and O–H groups in total. The molecule has 0 aliphatic rings. The van der Waals surface area contributed by atoms with Gasteiger partial charge in [-0.2, -0.15) is 0 Å². The molecule has 0 bridgehead atoms. The summed E-state index contributed by atoms with van der Waals surface area (Å²) in [5.41, 5.74) is 2.99. The van der Waals surface area contributed by atoms with Crippen LogP contribution in [0.2, 0.25) is 0 Å². The highest BCUT2D eigenvalue weighted by Crippen LogP contribution is 2.36. The second-order valence-electron chi connectivity index (χ2n) is 5.22. The molecule has 2 heteroatoms. The predicted octanol–water partition coefficient (Wildman–Crippen LogP) is 5.06. The Morgan fingerprint density at radius 3 is 2.14 bits per heavy atom. The third-order valence-corrected chi connectivity index (χ3v) is 3.97. The standard InChI is InChI=1S/C20H15NO/c1-22-19-13-7-5-11-17(19)20-16-10-3-2-8-14(16)15-9-4-6-12-18(15)21-20/h2-13H,1H3. The molecule has 2 nitrogen and oxygen atoms in total. The average Bonchev–Trinajstić information content (AvgIpc) is 2.61. The SMILES string of the molecule is COc1ccccc1-c1nc2ccccc2c2ccccc12. The van der Waals surface area contributed by atoms with Gasteiger partial charge in [0.25, 0.3) is 0 Å². The number of pyridine rings is 1. The van der Waals surface area contributed by atoms with Gasteiger partial charge in [0.1, 0.15) is 5.75 Å². The van der Waals surface area contributed by atoms with Gasteiger partial charge in [-0.3, -0.25) is 0 Å². The minimum absolute atomic E-state index is 0.843. The van der Waals surface area contributed by atoms with Crippen molar-refractivity contribution in [1.82, 2.24) is 4.98 Å². The zero-order valence-corrected chi connectivity index (χ0v) is 12.3. The van der Waals surface area contributed by atoms with Gasteiger partial charge in [0, 0.05) is 16.3 Å². The minimum Gasteiger partial charge on any atom is -0.496 e. The summed E-state index contributed by atoms with van der Waals surface area (Å²) >= 11 is 0. The van der Waals surface area contributed by atoms with Crippen molar-refractivity contribution in [2.75, 3.05) is 7.11 Å². The van der Waals surface area contributed by atoms with E-state index < -0.39 is 0 Å². The quantitative estimate of drug-likeness (QED) is 0.480. The van der Waals surface area contributed by atoms with Gasteiger partial charge < -0.3 is 4.74 Å². The number of benzene rings is 3. The van der Waals surface area contributed by atoms with Crippen molar-refractivity contribution in [1.29, 1.82) is 0 Å². The Morgan fingerprint density at radius 1 is 0.682 bits per heavy atom. The van der Waals surface area contributed by atoms with Crippen LogP contribution >= 0.6 is 0 Å². The Morgan fingerprint density at radius 2 is 1.32 bits per heavy atom. The molecule has 1 heterocycles. The van der Waals surface area contributed by atoms with Crippen molar-refractivity contribution < 1.29 is 4.74 Å². The van der Waals surface area contributed by atoms with E-state index in [9.17, 15) is 0 Å². The molecule has 0 aliphatic carbocycles. The van der Waals surface area contributed by atoms with E-state index in [0.717, 1.165) is 27.9 Å². The van der Waals surface area contributed by atoms with Gasteiger partial charge in [-0.1, -0.05) is 54.6 Å². The summed E-state index contributed by atoms with van der Waals surface area (Å²) in [6.45, 7) is 0. The first kappa shape index (κ1) is 12.8. The van der Waals surface area contributed by atoms with Crippen molar-refractivity contribution >= 4 is 21.7 Å². The lowest BCUT2D eigenvalue weighted by atomic mass is 9.99. The first-order valence-electron chi connectivity index (χ1n) is 7.29. The van der Waals surface area contributed by atoms with Gasteiger partial charge in [0.2, 0.25) is 0 Å². The van der Waals surface area contributed by atoms with Crippen LogP contribution in [-0.2, 0) is 0 Å². The molecule has 0 fully saturated rings. The third kappa shape index (κ3) is 1.92. The zero-order valence-electron chi connectivity index (χ0n) is 12.3. The lowest BCUT2D eigenvalue weighted by molar-refractivity contribution is 0.416. The maximum atomic E-state index is 5.52. The van der Waals surface area contributed by atoms with Crippen molar-refractivity contribution in [3.63, 3.8) is 0 Å². The molecule has 0 atom stereocenters. The van der Waals surface area contributed by atoms with E-state index in [1.165, 1.54) is 10.8 Å². The average molecular weight is 285 g/mol. The number of methoxy groups -OCH3 is 1. The molecule has 0 saturated heterocycles. The van der Waals surface area contributed by atoms with Crippen LogP contribution in [0.15, 0.2) is 72.8 Å². The molecule has 0 aliphatic heterocycles. The fourth-order valence-electron chi connectivity index (χ4n) is 2.95. The molecule has 0 unspecified atom stereocenters. The van der Waals surface area contributed by atoms with E-state index >= 15 is 0 Å². The number of para-hydroxylation sites is 2. The number of hydrogen-bond donors (Lipinski definition) is 0. The molecule has 4 aromatic rings. The monoisotopic (exact) mass is 285 g/mol. The number of hydrogen-bond acceptors (Lipinski definition) is 2. The van der Waals surface area contributed by atoms with Crippen LogP contribution in [0.1, 0.15) is 0 Å². The summed E-state index contributed by atoms with van der Waals surface area (Å²) in [7, 11) is 1.70. The lowest BCUT2D eigenvalue weighted by Gasteiger charge is -2.12. The van der Waals surface area contributed by atoms with Crippen LogP contribution < -0.4 is 4.74 Å². The molecule has 0 spiro atoms. The van der Waals surface area contributed by atoms with Crippen LogP contribution in [-0.4, -0.2) is 12.1 Å². The van der Waals surface area contributed by atoms with E-state index in [1.807, 2.05) is 24.3 Å². The van der Waals surface area contributed by atoms with E-state index in [4.69, 9.17) is 9.72 Å². The smallest absolute Gasteiger partial charge is 0.128 e. The highest BCUT2D eigenvalue weighted by atomic mass is 16.5. The lowest BCUT2D eigenvalue weighted by Crippen LogP contribution is -1.92. The summed E-state index contributed by atoms with van der Waals surface area (Å²) in [6.07, 6.45) is 0. The molecule has 4 rings (SSSR count). The van der Waals surface area contributed by atoms with E-state index in [-0.39, 0.29) is 0 Å². The molecular weight excluding hydrogens is 270 g/mol. The molecule has 3 aromatic carbocycles. The predicted molar refractivity (Wildman–Crippen MR) is 91.2 cm³/mol. The number of fused-ring (bicyclic) bond motifs is 3. The van der Waals surface area contributed by atoms with Gasteiger partial charge in [0.05, 0.1) is 18.3 Å². The number of ether oxygens (including phenoxy) is 1. The first-order chi connectivity index (χ1) is 10.9. The number of aromatic nitrogens is 1. The summed E-state index contributed by atoms with van der Waals surface area (Å²) in [4.78, 5) is 4.90. The fourth-order valence-corrected chi connectivity index (χ4v) is 2.95. The first-order valence-corrected chi connectivity index (χ1v) is 7.29. The van der Waals surface area contributed by atoms with Crippen LogP contribution in [0.25, 0.3) is 32.9 Å². The van der Waals surface area contributed by atoms with Crippen LogP contribution in [0, 0.1) is 0 Å². The highest BCUT2D eigenvalue weighted by Gasteiger charge is 2.12. The number of nitrogens with zero attached hydrogens (tertiary/aromatic N) is 1. The van der Waals surface area contributed by atoms with Crippen LogP contribution in [0.4, 0.5) is 0 Å². The van der Waals surface area contributed by atoms with Gasteiger partial charge in [0.15, 0.2) is 0 Å². The maximum Gasteiger partial charge on any atom is 0.128 e. The minimum atomic E-state index is 0.843. The Hall–Kier alpha value is -2.87. The zero-order chi connectivity index (χ0) is 14.9. The third-order valence-electron chi connectivity index (χ3n) is 3.97. The molecule has 0 radical (unpaired) electrons. The fraction of sp³-hybridized carbons (Fsp3) is 0.0500. The van der Waals surface area contributed by atoms with Crippen molar-refractivity contribution in [3.8, 4) is 17.0 Å². The summed E-state index contributed by atoms with van der Waals surface area (Å²) < 4.78 is 5.52. The summed E-state index contributed by atoms with van der Waals surface area (Å²) in [6, 6.07) is 24.7. The highest BCUT2D eigenvalue weighted by molar-refractivity contribution is 6.11. The van der Waals surface area contributed by atoms with Crippen molar-refractivity contribution in [3.05, 3.63) is 72.8 Å². The summed E-state index contributed by atoms with van der Waals surface area (Å²) in [5, 5.41) is 3.54. The topological polar surface area (TPSA) is 22.1 Å². The Labute approximate surface area is 129 Å². The molecular formula is C20H15NO. The molecule has 0 saturated carbocycles. The molecule has 0 amide bonds. The number of rotatable bonds is 2. The van der Waals surface area contributed by atoms with Gasteiger partial charge in [-0.15, -0.1) is 0 Å². The van der Waals surface area contributed by atoms with Crippen molar-refractivity contribution in [2.45, 2.75) is 0 Å². The second kappa shape index (κ2) is 5.15. The Bertz CT molecular complexity index is 975. The van der Waals surface area contributed by atoms with Crippen molar-refractivity contribution in [2.24, 2.45) is 0 Å². The maximum absolute atomic E-state index is 5.52. The Balaban J connectivity index is 2.16.